The van der Waals surface area contributed by atoms with Crippen molar-refractivity contribution in [2.24, 2.45) is 0 Å². The number of fused-ring (bicyclic) bond motifs is 1. The highest BCUT2D eigenvalue weighted by molar-refractivity contribution is 5.80. The summed E-state index contributed by atoms with van der Waals surface area (Å²) in [4.78, 5) is 11.4. The second-order valence-electron chi connectivity index (χ2n) is 3.19. The Hall–Kier alpha value is -1.77. The third-order valence-corrected chi connectivity index (χ3v) is 2.14. The first-order chi connectivity index (χ1) is 7.31. The molecule has 0 N–H and O–H groups in total. The summed E-state index contributed by atoms with van der Waals surface area (Å²) in [7, 11) is 0. The number of benzene rings is 1. The van der Waals surface area contributed by atoms with Crippen LogP contribution in [0.3, 0.4) is 0 Å². The van der Waals surface area contributed by atoms with Crippen molar-refractivity contribution in [3.63, 3.8) is 0 Å². The molecule has 78 valence electrons. The largest absolute Gasteiger partial charge is 0.474 e. The smallest absolute Gasteiger partial charge is 0.351 e. The molecule has 0 aliphatic carbocycles. The molecule has 0 fully saturated rings. The van der Waals surface area contributed by atoms with Gasteiger partial charge in [0.2, 0.25) is 6.10 Å². The Morgan fingerprint density at radius 1 is 1.47 bits per heavy atom. The van der Waals surface area contributed by atoms with E-state index in [2.05, 4.69) is 0 Å². The van der Waals surface area contributed by atoms with Crippen LogP contribution in [0.25, 0.3) is 6.08 Å². The van der Waals surface area contributed by atoms with Gasteiger partial charge in [-0.25, -0.2) is 4.79 Å². The SMILES string of the molecule is CCOC(=O)[C@H]1C=Cc2ccccc2O1. The Kier molecular flexibility index (Phi) is 2.72. The molecule has 1 aliphatic heterocycles. The van der Waals surface area contributed by atoms with Crippen LogP contribution in [0.2, 0.25) is 0 Å². The van der Waals surface area contributed by atoms with Crippen LogP contribution in [-0.2, 0) is 9.53 Å². The molecule has 0 spiro atoms. The quantitative estimate of drug-likeness (QED) is 0.691. The molecule has 0 amide bonds. The lowest BCUT2D eigenvalue weighted by molar-refractivity contribution is -0.149. The van der Waals surface area contributed by atoms with Crippen molar-refractivity contribution >= 4 is 12.0 Å². The van der Waals surface area contributed by atoms with Crippen molar-refractivity contribution in [1.29, 1.82) is 0 Å². The maximum absolute atomic E-state index is 11.4. The normalized spacial score (nSPS) is 17.8. The predicted octanol–water partition coefficient (Wildman–Crippen LogP) is 2.02. The third kappa shape index (κ3) is 2.01. The summed E-state index contributed by atoms with van der Waals surface area (Å²) in [5.41, 5.74) is 0.984. The van der Waals surface area contributed by atoms with Crippen LogP contribution in [0.1, 0.15) is 12.5 Å². The second kappa shape index (κ2) is 4.17. The lowest BCUT2D eigenvalue weighted by Crippen LogP contribution is -2.29. The Morgan fingerprint density at radius 2 is 2.27 bits per heavy atom. The van der Waals surface area contributed by atoms with Crippen molar-refractivity contribution in [2.75, 3.05) is 6.61 Å². The molecule has 2 rings (SSSR count). The molecule has 1 atom stereocenters. The van der Waals surface area contributed by atoms with E-state index < -0.39 is 6.10 Å². The molecule has 0 radical (unpaired) electrons. The number of rotatable bonds is 2. The lowest BCUT2D eigenvalue weighted by atomic mass is 10.1. The number of hydrogen-bond acceptors (Lipinski definition) is 3. The van der Waals surface area contributed by atoms with Gasteiger partial charge in [-0.3, -0.25) is 0 Å². The fourth-order valence-electron chi connectivity index (χ4n) is 1.44. The highest BCUT2D eigenvalue weighted by Crippen LogP contribution is 2.25. The minimum atomic E-state index is -0.611. The average Bonchev–Trinajstić information content (AvgIpc) is 2.29. The van der Waals surface area contributed by atoms with Crippen molar-refractivity contribution < 1.29 is 14.3 Å². The molecule has 0 unspecified atom stereocenters. The number of carbonyl (C=O) groups is 1. The van der Waals surface area contributed by atoms with Crippen molar-refractivity contribution in [2.45, 2.75) is 13.0 Å². The van der Waals surface area contributed by atoms with E-state index in [1.807, 2.05) is 30.3 Å². The maximum atomic E-state index is 11.4. The van der Waals surface area contributed by atoms with E-state index in [9.17, 15) is 4.79 Å². The monoisotopic (exact) mass is 204 g/mol. The van der Waals surface area contributed by atoms with E-state index >= 15 is 0 Å². The summed E-state index contributed by atoms with van der Waals surface area (Å²) in [5, 5.41) is 0. The fraction of sp³-hybridized carbons (Fsp3) is 0.250. The molecule has 15 heavy (non-hydrogen) atoms. The van der Waals surface area contributed by atoms with E-state index in [0.717, 1.165) is 11.3 Å². The molecule has 1 aromatic rings. The van der Waals surface area contributed by atoms with Gasteiger partial charge in [-0.05, 0) is 19.1 Å². The first kappa shape index (κ1) is 9.77. The molecule has 0 bridgehead atoms. The van der Waals surface area contributed by atoms with Gasteiger partial charge in [-0.1, -0.05) is 24.3 Å². The molecule has 1 heterocycles. The maximum Gasteiger partial charge on any atom is 0.351 e. The number of ether oxygens (including phenoxy) is 2. The van der Waals surface area contributed by atoms with Gasteiger partial charge < -0.3 is 9.47 Å². The van der Waals surface area contributed by atoms with E-state index in [-0.39, 0.29) is 5.97 Å². The van der Waals surface area contributed by atoms with Crippen LogP contribution in [0.4, 0.5) is 0 Å². The van der Waals surface area contributed by atoms with Gasteiger partial charge in [0.05, 0.1) is 6.61 Å². The lowest BCUT2D eigenvalue weighted by Gasteiger charge is -2.19. The molecule has 3 heteroatoms. The van der Waals surface area contributed by atoms with Crippen LogP contribution >= 0.6 is 0 Å². The average molecular weight is 204 g/mol. The van der Waals surface area contributed by atoms with Gasteiger partial charge in [0.15, 0.2) is 0 Å². The van der Waals surface area contributed by atoms with Crippen LogP contribution in [0.5, 0.6) is 5.75 Å². The zero-order valence-electron chi connectivity index (χ0n) is 8.47. The fourth-order valence-corrected chi connectivity index (χ4v) is 1.44. The zero-order chi connectivity index (χ0) is 10.7. The Balaban J connectivity index is 2.15. The Labute approximate surface area is 88.3 Å². The van der Waals surface area contributed by atoms with Gasteiger partial charge in [-0.15, -0.1) is 0 Å². The second-order valence-corrected chi connectivity index (χ2v) is 3.19. The number of carbonyl (C=O) groups excluding carboxylic acids is 1. The number of esters is 1. The molecular weight excluding hydrogens is 192 g/mol. The summed E-state index contributed by atoms with van der Waals surface area (Å²) >= 11 is 0. The van der Waals surface area contributed by atoms with Crippen LogP contribution in [0.15, 0.2) is 30.3 Å². The number of para-hydroxylation sites is 1. The summed E-state index contributed by atoms with van der Waals surface area (Å²) < 4.78 is 10.4. The molecule has 3 nitrogen and oxygen atoms in total. The van der Waals surface area contributed by atoms with Gasteiger partial charge in [0, 0.05) is 5.56 Å². The molecule has 1 aliphatic rings. The van der Waals surface area contributed by atoms with Crippen molar-refractivity contribution in [3.8, 4) is 5.75 Å². The van der Waals surface area contributed by atoms with Gasteiger partial charge in [0.1, 0.15) is 5.75 Å². The van der Waals surface area contributed by atoms with Gasteiger partial charge >= 0.3 is 5.97 Å². The van der Waals surface area contributed by atoms with Gasteiger partial charge in [0.25, 0.3) is 0 Å². The van der Waals surface area contributed by atoms with E-state index in [1.54, 1.807) is 13.0 Å². The Bertz CT molecular complexity index is 396. The molecule has 0 saturated carbocycles. The molecular formula is C12H12O3. The highest BCUT2D eigenvalue weighted by Gasteiger charge is 2.22. The standard InChI is InChI=1S/C12H12O3/c1-2-14-12(13)11-8-7-9-5-3-4-6-10(9)15-11/h3-8,11H,2H2,1H3/t11-/m1/s1. The zero-order valence-corrected chi connectivity index (χ0v) is 8.47. The predicted molar refractivity (Wildman–Crippen MR) is 56.5 cm³/mol. The molecule has 0 aromatic heterocycles. The van der Waals surface area contributed by atoms with Crippen LogP contribution in [0, 0.1) is 0 Å². The van der Waals surface area contributed by atoms with Crippen molar-refractivity contribution in [1.82, 2.24) is 0 Å². The molecule has 0 saturated heterocycles. The van der Waals surface area contributed by atoms with E-state index in [1.165, 1.54) is 0 Å². The van der Waals surface area contributed by atoms with Gasteiger partial charge in [-0.2, -0.15) is 0 Å². The summed E-state index contributed by atoms with van der Waals surface area (Å²) in [5.74, 6) is 0.376. The minimum absolute atomic E-state index is 0.344. The Morgan fingerprint density at radius 3 is 3.07 bits per heavy atom. The highest BCUT2D eigenvalue weighted by atomic mass is 16.6. The third-order valence-electron chi connectivity index (χ3n) is 2.14. The summed E-state index contributed by atoms with van der Waals surface area (Å²) in [6.45, 7) is 2.15. The minimum Gasteiger partial charge on any atom is -0.474 e. The van der Waals surface area contributed by atoms with Crippen LogP contribution < -0.4 is 4.74 Å². The summed E-state index contributed by atoms with van der Waals surface area (Å²) in [6.07, 6.45) is 2.97. The van der Waals surface area contributed by atoms with Crippen LogP contribution in [-0.4, -0.2) is 18.7 Å². The first-order valence-corrected chi connectivity index (χ1v) is 4.92. The van der Waals surface area contributed by atoms with Crippen molar-refractivity contribution in [3.05, 3.63) is 35.9 Å². The van der Waals surface area contributed by atoms with E-state index in [0.29, 0.717) is 6.61 Å². The van der Waals surface area contributed by atoms with E-state index in [4.69, 9.17) is 9.47 Å². The topological polar surface area (TPSA) is 35.5 Å². The summed E-state index contributed by atoms with van der Waals surface area (Å²) in [6, 6.07) is 7.58. The number of hydrogen-bond donors (Lipinski definition) is 0. The first-order valence-electron chi connectivity index (χ1n) is 4.92. The molecule has 1 aromatic carbocycles.